The third-order valence-electron chi connectivity index (χ3n) is 8.38. The van der Waals surface area contributed by atoms with E-state index in [0.29, 0.717) is 38.4 Å². The van der Waals surface area contributed by atoms with Crippen molar-refractivity contribution < 1.29 is 14.3 Å². The van der Waals surface area contributed by atoms with Gasteiger partial charge in [0.1, 0.15) is 11.6 Å². The normalized spacial score (nSPS) is 17.5. The van der Waals surface area contributed by atoms with Crippen molar-refractivity contribution in [1.29, 1.82) is 0 Å². The summed E-state index contributed by atoms with van der Waals surface area (Å²) in [5.41, 5.74) is 3.75. The fourth-order valence-electron chi connectivity index (χ4n) is 5.63. The number of piperidine rings is 1. The number of ether oxygens (including phenoxy) is 1. The molecule has 0 atom stereocenters. The Hall–Kier alpha value is -5.24. The number of anilines is 2. The molecule has 1 spiro atoms. The number of amides is 2. The van der Waals surface area contributed by atoms with Crippen molar-refractivity contribution in [2.24, 2.45) is 10.8 Å². The molecule has 3 aliphatic heterocycles. The summed E-state index contributed by atoms with van der Waals surface area (Å²) in [6, 6.07) is 27.3. The fraction of sp³-hybridized carbons (Fsp3) is 0.282. The number of aromatic nitrogens is 2. The van der Waals surface area contributed by atoms with E-state index < -0.39 is 0 Å². The number of pyridine rings is 2. The van der Waals surface area contributed by atoms with Crippen LogP contribution in [0.5, 0.6) is 0 Å². The van der Waals surface area contributed by atoms with E-state index in [1.165, 1.54) is 0 Å². The topological polar surface area (TPSA) is 75.6 Å². The van der Waals surface area contributed by atoms with Crippen LogP contribution in [-0.2, 0) is 14.3 Å². The number of rotatable bonds is 2. The molecule has 5 heterocycles. The molecule has 3 saturated heterocycles. The van der Waals surface area contributed by atoms with Crippen LogP contribution in [0.3, 0.4) is 0 Å². The molecule has 0 unspecified atom stereocenters. The van der Waals surface area contributed by atoms with E-state index in [1.54, 1.807) is 22.2 Å². The van der Waals surface area contributed by atoms with Crippen LogP contribution in [0.25, 0.3) is 0 Å². The molecule has 46 heavy (non-hydrogen) atoms. The van der Waals surface area contributed by atoms with Gasteiger partial charge in [0.15, 0.2) is 0 Å². The van der Waals surface area contributed by atoms with Crippen molar-refractivity contribution in [1.82, 2.24) is 9.97 Å². The van der Waals surface area contributed by atoms with Gasteiger partial charge >= 0.3 is 0 Å². The van der Waals surface area contributed by atoms with Gasteiger partial charge in [0.05, 0.1) is 13.2 Å². The Morgan fingerprint density at radius 3 is 1.57 bits per heavy atom. The summed E-state index contributed by atoms with van der Waals surface area (Å²) >= 11 is 0. The summed E-state index contributed by atoms with van der Waals surface area (Å²) < 4.78 is 5.27. The molecule has 230 valence electrons. The molecular formula is C39H36N4O3. The Balaban J connectivity index is 0.000000162. The Bertz CT molecular complexity index is 1810. The van der Waals surface area contributed by atoms with Crippen LogP contribution in [0.15, 0.2) is 97.3 Å². The van der Waals surface area contributed by atoms with E-state index in [0.717, 1.165) is 41.0 Å². The Labute approximate surface area is 270 Å². The van der Waals surface area contributed by atoms with Crippen molar-refractivity contribution in [2.45, 2.75) is 33.1 Å². The molecule has 0 N–H and O–H groups in total. The third-order valence-corrected chi connectivity index (χ3v) is 8.38. The largest absolute Gasteiger partial charge is 0.380 e. The highest BCUT2D eigenvalue weighted by molar-refractivity contribution is 5.95. The lowest BCUT2D eigenvalue weighted by atomic mass is 9.82. The first-order valence-corrected chi connectivity index (χ1v) is 15.5. The van der Waals surface area contributed by atoms with Gasteiger partial charge in [-0.2, -0.15) is 0 Å². The van der Waals surface area contributed by atoms with Gasteiger partial charge in [-0.05, 0) is 60.4 Å². The summed E-state index contributed by atoms with van der Waals surface area (Å²) in [7, 11) is 0. The third kappa shape index (κ3) is 7.51. The Morgan fingerprint density at radius 2 is 1.13 bits per heavy atom. The minimum atomic E-state index is 0.0184. The van der Waals surface area contributed by atoms with E-state index >= 15 is 0 Å². The monoisotopic (exact) mass is 608 g/mol. The molecule has 0 saturated carbocycles. The number of hydrogen-bond acceptors (Lipinski definition) is 5. The summed E-state index contributed by atoms with van der Waals surface area (Å²) in [6.45, 7) is 7.06. The number of carbonyl (C=O) groups excluding carboxylic acids is 2. The molecule has 2 aromatic heterocycles. The molecule has 7 heteroatoms. The van der Waals surface area contributed by atoms with Gasteiger partial charge < -0.3 is 4.74 Å². The lowest BCUT2D eigenvalue weighted by Gasteiger charge is -2.36. The average Bonchev–Trinajstić information content (AvgIpc) is 3.43. The van der Waals surface area contributed by atoms with Crippen LogP contribution in [-0.4, -0.2) is 48.1 Å². The molecular weight excluding hydrogens is 572 g/mol. The van der Waals surface area contributed by atoms with E-state index in [1.807, 2.05) is 84.9 Å². The zero-order valence-electron chi connectivity index (χ0n) is 26.2. The van der Waals surface area contributed by atoms with Crippen LogP contribution < -0.4 is 9.80 Å². The van der Waals surface area contributed by atoms with Gasteiger partial charge in [0.2, 0.25) is 11.8 Å². The van der Waals surface area contributed by atoms with E-state index in [-0.39, 0.29) is 22.6 Å². The van der Waals surface area contributed by atoms with E-state index in [4.69, 9.17) is 4.74 Å². The summed E-state index contributed by atoms with van der Waals surface area (Å²) in [5, 5.41) is 0. The molecule has 0 radical (unpaired) electrons. The lowest BCUT2D eigenvalue weighted by molar-refractivity contribution is -0.126. The minimum absolute atomic E-state index is 0.0184. The Morgan fingerprint density at radius 1 is 0.630 bits per heavy atom. The molecule has 3 aliphatic rings. The van der Waals surface area contributed by atoms with Crippen LogP contribution in [0.2, 0.25) is 0 Å². The second-order valence-corrected chi connectivity index (χ2v) is 12.8. The van der Waals surface area contributed by atoms with Crippen molar-refractivity contribution in [3.63, 3.8) is 0 Å². The molecule has 0 aliphatic carbocycles. The van der Waals surface area contributed by atoms with Crippen LogP contribution in [0, 0.1) is 34.5 Å². The highest BCUT2D eigenvalue weighted by atomic mass is 16.5. The van der Waals surface area contributed by atoms with Gasteiger partial charge in [0, 0.05) is 66.0 Å². The maximum Gasteiger partial charge on any atom is 0.228 e. The van der Waals surface area contributed by atoms with Gasteiger partial charge in [-0.15, -0.1) is 0 Å². The molecule has 7 rings (SSSR count). The van der Waals surface area contributed by atoms with Crippen molar-refractivity contribution in [3.05, 3.63) is 120 Å². The zero-order valence-corrected chi connectivity index (χ0v) is 26.2. The predicted molar refractivity (Wildman–Crippen MR) is 179 cm³/mol. The quantitative estimate of drug-likeness (QED) is 0.266. The molecule has 3 fully saturated rings. The standard InChI is InChI=1S/C20H20N2O.C19H16N2O2/c1-20(2)12-13-22(19(23)14-20)18-11-10-17(15-21-18)9-8-16-6-4-3-5-7-16;22-18-10-19(13-23-14-19)12-21(18)17-9-8-16(11-20-17)7-6-15-4-2-1-3-5-15/h3-7,10-11,15H,12-14H2,1-2H3;1-5,8-9,11H,10,12-14H2. The molecule has 7 nitrogen and oxygen atoms in total. The number of carbonyl (C=O) groups is 2. The highest BCUT2D eigenvalue weighted by Crippen LogP contribution is 2.39. The lowest BCUT2D eigenvalue weighted by Crippen LogP contribution is -2.44. The number of nitrogens with zero attached hydrogens (tertiary/aromatic N) is 4. The smallest absolute Gasteiger partial charge is 0.228 e. The van der Waals surface area contributed by atoms with Crippen LogP contribution in [0.4, 0.5) is 11.6 Å². The van der Waals surface area contributed by atoms with E-state index in [9.17, 15) is 9.59 Å². The van der Waals surface area contributed by atoms with Gasteiger partial charge in [0.25, 0.3) is 0 Å². The summed E-state index contributed by atoms with van der Waals surface area (Å²) in [6.07, 6.45) is 5.59. The fourth-order valence-corrected chi connectivity index (χ4v) is 5.63. The van der Waals surface area contributed by atoms with Gasteiger partial charge in [-0.25, -0.2) is 9.97 Å². The maximum absolute atomic E-state index is 12.3. The SMILES string of the molecule is CC1(C)CCN(c2ccc(C#Cc3ccccc3)cn2)C(=O)C1.O=C1CC2(COC2)CN1c1ccc(C#Cc2ccccc2)cn1. The molecule has 4 aromatic rings. The van der Waals surface area contributed by atoms with Crippen LogP contribution in [0.1, 0.15) is 55.4 Å². The first kappa shape index (κ1) is 30.8. The first-order chi connectivity index (χ1) is 22.3. The number of benzene rings is 2. The first-order valence-electron chi connectivity index (χ1n) is 15.5. The maximum atomic E-state index is 12.3. The molecule has 2 amide bonds. The molecule has 2 aromatic carbocycles. The zero-order chi connectivity index (χ0) is 32.0. The second-order valence-electron chi connectivity index (χ2n) is 12.8. The van der Waals surface area contributed by atoms with Crippen molar-refractivity contribution in [2.75, 3.05) is 36.1 Å². The second kappa shape index (κ2) is 13.4. The highest BCUT2D eigenvalue weighted by Gasteiger charge is 2.49. The summed E-state index contributed by atoms with van der Waals surface area (Å²) in [5.74, 6) is 14.1. The Kier molecular flexibility index (Phi) is 8.97. The number of hydrogen-bond donors (Lipinski definition) is 0. The van der Waals surface area contributed by atoms with E-state index in [2.05, 4.69) is 47.5 Å². The summed E-state index contributed by atoms with van der Waals surface area (Å²) in [4.78, 5) is 36.8. The minimum Gasteiger partial charge on any atom is -0.380 e. The average molecular weight is 609 g/mol. The van der Waals surface area contributed by atoms with Gasteiger partial charge in [-0.1, -0.05) is 73.9 Å². The molecule has 0 bridgehead atoms. The van der Waals surface area contributed by atoms with Crippen molar-refractivity contribution in [3.8, 4) is 23.7 Å². The van der Waals surface area contributed by atoms with Crippen molar-refractivity contribution >= 4 is 23.5 Å². The van der Waals surface area contributed by atoms with Crippen LogP contribution >= 0.6 is 0 Å². The van der Waals surface area contributed by atoms with Gasteiger partial charge in [-0.3, -0.25) is 19.4 Å². The predicted octanol–water partition coefficient (Wildman–Crippen LogP) is 5.87.